The molecule has 0 unspecified atom stereocenters. The van der Waals surface area contributed by atoms with Crippen LogP contribution < -0.4 is 5.32 Å². The predicted octanol–water partition coefficient (Wildman–Crippen LogP) is 2.94. The zero-order valence-electron chi connectivity index (χ0n) is 9.77. The molecular formula is C15H14N2. The number of hydrogen-bond acceptors (Lipinski definition) is 2. The zero-order valence-corrected chi connectivity index (χ0v) is 9.77. The molecule has 0 bridgehead atoms. The maximum atomic E-state index is 8.89. The molecule has 0 spiro atoms. The van der Waals surface area contributed by atoms with Gasteiger partial charge in [-0.2, -0.15) is 5.26 Å². The van der Waals surface area contributed by atoms with E-state index in [9.17, 15) is 0 Å². The second-order valence-electron chi connectivity index (χ2n) is 3.92. The highest BCUT2D eigenvalue weighted by molar-refractivity contribution is 5.65. The highest BCUT2D eigenvalue weighted by atomic mass is 14.8. The summed E-state index contributed by atoms with van der Waals surface area (Å²) >= 11 is 0. The monoisotopic (exact) mass is 222 g/mol. The number of nitriles is 1. The van der Waals surface area contributed by atoms with Crippen LogP contribution >= 0.6 is 0 Å². The van der Waals surface area contributed by atoms with Crippen LogP contribution in [0.3, 0.4) is 0 Å². The molecule has 2 rings (SSSR count). The summed E-state index contributed by atoms with van der Waals surface area (Å²) in [5.41, 5.74) is 4.17. The van der Waals surface area contributed by atoms with Crippen LogP contribution in [-0.2, 0) is 6.54 Å². The van der Waals surface area contributed by atoms with Gasteiger partial charge in [0, 0.05) is 6.54 Å². The van der Waals surface area contributed by atoms with Crippen LogP contribution in [0, 0.1) is 11.3 Å². The lowest BCUT2D eigenvalue weighted by Crippen LogP contribution is -2.04. The standard InChI is InChI=1S/C15H14N2/c1-17-11-13-5-3-7-15(9-13)14-6-2-4-12(8-14)10-16/h2-9,17H,11H2,1H3. The molecule has 2 heteroatoms. The first-order valence-electron chi connectivity index (χ1n) is 5.57. The van der Waals surface area contributed by atoms with Crippen LogP contribution in [0.2, 0.25) is 0 Å². The second-order valence-corrected chi connectivity index (χ2v) is 3.92. The van der Waals surface area contributed by atoms with Gasteiger partial charge >= 0.3 is 0 Å². The predicted molar refractivity (Wildman–Crippen MR) is 69.4 cm³/mol. The van der Waals surface area contributed by atoms with Crippen molar-refractivity contribution in [2.24, 2.45) is 0 Å². The molecule has 0 saturated heterocycles. The maximum absolute atomic E-state index is 8.89. The molecule has 2 aromatic rings. The van der Waals surface area contributed by atoms with E-state index in [1.807, 2.05) is 37.4 Å². The van der Waals surface area contributed by atoms with Crippen LogP contribution in [0.5, 0.6) is 0 Å². The Morgan fingerprint density at radius 2 is 1.76 bits per heavy atom. The molecular weight excluding hydrogens is 208 g/mol. The van der Waals surface area contributed by atoms with Crippen molar-refractivity contribution in [3.63, 3.8) is 0 Å². The molecule has 0 radical (unpaired) electrons. The van der Waals surface area contributed by atoms with E-state index in [4.69, 9.17) is 5.26 Å². The fourth-order valence-electron chi connectivity index (χ4n) is 1.83. The lowest BCUT2D eigenvalue weighted by Gasteiger charge is -2.05. The summed E-state index contributed by atoms with van der Waals surface area (Å²) in [5, 5.41) is 12.0. The van der Waals surface area contributed by atoms with E-state index in [-0.39, 0.29) is 0 Å². The highest BCUT2D eigenvalue weighted by Crippen LogP contribution is 2.21. The van der Waals surface area contributed by atoms with Crippen molar-refractivity contribution in [1.29, 1.82) is 5.26 Å². The van der Waals surface area contributed by atoms with Gasteiger partial charge in [-0.15, -0.1) is 0 Å². The minimum atomic E-state index is 0.696. The van der Waals surface area contributed by atoms with Gasteiger partial charge in [0.15, 0.2) is 0 Å². The van der Waals surface area contributed by atoms with E-state index < -0.39 is 0 Å². The normalized spacial score (nSPS) is 9.88. The number of benzene rings is 2. The fourth-order valence-corrected chi connectivity index (χ4v) is 1.83. The largest absolute Gasteiger partial charge is 0.316 e. The van der Waals surface area contributed by atoms with Gasteiger partial charge < -0.3 is 5.32 Å². The Labute approximate surface area is 102 Å². The van der Waals surface area contributed by atoms with Gasteiger partial charge in [0.2, 0.25) is 0 Å². The summed E-state index contributed by atoms with van der Waals surface area (Å²) in [7, 11) is 1.93. The Morgan fingerprint density at radius 3 is 2.47 bits per heavy atom. The Kier molecular flexibility index (Phi) is 3.54. The Bertz CT molecular complexity index is 553. The third-order valence-electron chi connectivity index (χ3n) is 2.63. The average Bonchev–Trinajstić information content (AvgIpc) is 2.40. The van der Waals surface area contributed by atoms with Crippen molar-refractivity contribution in [1.82, 2.24) is 5.32 Å². The van der Waals surface area contributed by atoms with Crippen molar-refractivity contribution < 1.29 is 0 Å². The van der Waals surface area contributed by atoms with Gasteiger partial charge in [0.25, 0.3) is 0 Å². The molecule has 0 heterocycles. The molecule has 0 aliphatic carbocycles. The van der Waals surface area contributed by atoms with Crippen molar-refractivity contribution >= 4 is 0 Å². The molecule has 84 valence electrons. The zero-order chi connectivity index (χ0) is 12.1. The summed E-state index contributed by atoms with van der Waals surface area (Å²) in [6.07, 6.45) is 0. The minimum Gasteiger partial charge on any atom is -0.316 e. The lowest BCUT2D eigenvalue weighted by atomic mass is 10.0. The molecule has 0 aromatic heterocycles. The van der Waals surface area contributed by atoms with Crippen LogP contribution in [0.15, 0.2) is 48.5 Å². The van der Waals surface area contributed by atoms with Crippen molar-refractivity contribution in [2.45, 2.75) is 6.54 Å². The molecule has 2 aromatic carbocycles. The topological polar surface area (TPSA) is 35.8 Å². The molecule has 2 nitrogen and oxygen atoms in total. The number of nitrogens with zero attached hydrogens (tertiary/aromatic N) is 1. The fraction of sp³-hybridized carbons (Fsp3) is 0.133. The first-order valence-corrected chi connectivity index (χ1v) is 5.57. The van der Waals surface area contributed by atoms with E-state index in [2.05, 4.69) is 29.6 Å². The molecule has 1 N–H and O–H groups in total. The Morgan fingerprint density at radius 1 is 1.06 bits per heavy atom. The quantitative estimate of drug-likeness (QED) is 0.866. The Hall–Kier alpha value is -2.11. The van der Waals surface area contributed by atoms with E-state index in [1.165, 1.54) is 5.56 Å². The number of rotatable bonds is 3. The first kappa shape index (κ1) is 11.4. The minimum absolute atomic E-state index is 0.696. The molecule has 0 fully saturated rings. The van der Waals surface area contributed by atoms with Gasteiger partial charge in [-0.1, -0.05) is 30.3 Å². The summed E-state index contributed by atoms with van der Waals surface area (Å²) in [6, 6.07) is 18.2. The smallest absolute Gasteiger partial charge is 0.0991 e. The van der Waals surface area contributed by atoms with Gasteiger partial charge in [-0.05, 0) is 41.9 Å². The van der Waals surface area contributed by atoms with Gasteiger partial charge in [0.05, 0.1) is 11.6 Å². The van der Waals surface area contributed by atoms with E-state index >= 15 is 0 Å². The van der Waals surface area contributed by atoms with Crippen LogP contribution in [0.1, 0.15) is 11.1 Å². The number of nitrogens with one attached hydrogen (secondary N) is 1. The van der Waals surface area contributed by atoms with E-state index in [1.54, 1.807) is 0 Å². The Balaban J connectivity index is 2.39. The molecule has 0 aliphatic heterocycles. The van der Waals surface area contributed by atoms with Crippen LogP contribution in [0.4, 0.5) is 0 Å². The van der Waals surface area contributed by atoms with Gasteiger partial charge in [-0.3, -0.25) is 0 Å². The van der Waals surface area contributed by atoms with Gasteiger partial charge in [-0.25, -0.2) is 0 Å². The van der Waals surface area contributed by atoms with E-state index in [0.29, 0.717) is 5.56 Å². The third-order valence-corrected chi connectivity index (χ3v) is 2.63. The lowest BCUT2D eigenvalue weighted by molar-refractivity contribution is 0.818. The number of hydrogen-bond donors (Lipinski definition) is 1. The summed E-state index contributed by atoms with van der Waals surface area (Å²) in [4.78, 5) is 0. The van der Waals surface area contributed by atoms with Crippen LogP contribution in [0.25, 0.3) is 11.1 Å². The summed E-state index contributed by atoms with van der Waals surface area (Å²) in [5.74, 6) is 0. The molecule has 0 amide bonds. The average molecular weight is 222 g/mol. The third kappa shape index (κ3) is 2.72. The second kappa shape index (κ2) is 5.29. The molecule has 0 atom stereocenters. The molecule has 17 heavy (non-hydrogen) atoms. The maximum Gasteiger partial charge on any atom is 0.0991 e. The molecule has 0 saturated carbocycles. The van der Waals surface area contributed by atoms with Crippen molar-refractivity contribution in [2.75, 3.05) is 7.05 Å². The first-order chi connectivity index (χ1) is 8.33. The van der Waals surface area contributed by atoms with Crippen LogP contribution in [-0.4, -0.2) is 7.05 Å². The summed E-state index contributed by atoms with van der Waals surface area (Å²) < 4.78 is 0. The summed E-state index contributed by atoms with van der Waals surface area (Å²) in [6.45, 7) is 0.853. The molecule has 0 aliphatic rings. The highest BCUT2D eigenvalue weighted by Gasteiger charge is 2.00. The van der Waals surface area contributed by atoms with Crippen molar-refractivity contribution in [3.05, 3.63) is 59.7 Å². The SMILES string of the molecule is CNCc1cccc(-c2cccc(C#N)c2)c1. The van der Waals surface area contributed by atoms with Gasteiger partial charge in [0.1, 0.15) is 0 Å². The van der Waals surface area contributed by atoms with Crippen molar-refractivity contribution in [3.8, 4) is 17.2 Å². The van der Waals surface area contributed by atoms with E-state index in [0.717, 1.165) is 17.7 Å².